The van der Waals surface area contributed by atoms with Crippen molar-refractivity contribution in [1.82, 2.24) is 14.8 Å². The molecule has 0 amide bonds. The van der Waals surface area contributed by atoms with E-state index in [1.165, 1.54) is 31.1 Å². The van der Waals surface area contributed by atoms with Gasteiger partial charge in [-0.1, -0.05) is 0 Å². The standard InChI is InChI=1S/C12H22N4S/c1-10-11(2)17-12(14-10)13-4-5-16-8-6-15(3)7-9-16/h4-9H2,1-3H3,(H,13,14). The molecule has 0 bridgehead atoms. The Hall–Kier alpha value is -0.650. The number of nitrogens with zero attached hydrogens (tertiary/aromatic N) is 3. The SMILES string of the molecule is Cc1nc(NCCN2CCN(C)CC2)sc1C. The molecule has 2 rings (SSSR count). The van der Waals surface area contributed by atoms with Gasteiger partial charge in [-0.05, 0) is 20.9 Å². The average Bonchev–Trinajstić information content (AvgIpc) is 2.61. The monoisotopic (exact) mass is 254 g/mol. The van der Waals surface area contributed by atoms with E-state index in [-0.39, 0.29) is 0 Å². The molecule has 0 radical (unpaired) electrons. The van der Waals surface area contributed by atoms with Crippen LogP contribution in [0, 0.1) is 13.8 Å². The molecule has 0 saturated carbocycles. The lowest BCUT2D eigenvalue weighted by Crippen LogP contribution is -2.45. The maximum atomic E-state index is 4.49. The number of piperazine rings is 1. The number of hydrogen-bond donors (Lipinski definition) is 1. The minimum atomic E-state index is 0.996. The van der Waals surface area contributed by atoms with Gasteiger partial charge in [-0.3, -0.25) is 4.90 Å². The van der Waals surface area contributed by atoms with Gasteiger partial charge in [0, 0.05) is 44.1 Å². The summed E-state index contributed by atoms with van der Waals surface area (Å²) >= 11 is 1.75. The van der Waals surface area contributed by atoms with Crippen molar-refractivity contribution in [3.63, 3.8) is 0 Å². The van der Waals surface area contributed by atoms with Crippen LogP contribution in [0.15, 0.2) is 0 Å². The number of aryl methyl sites for hydroxylation is 2. The number of rotatable bonds is 4. The van der Waals surface area contributed by atoms with E-state index in [1.54, 1.807) is 11.3 Å². The van der Waals surface area contributed by atoms with E-state index < -0.39 is 0 Å². The molecular weight excluding hydrogens is 232 g/mol. The number of likely N-dealkylation sites (N-methyl/N-ethyl adjacent to an activating group) is 1. The fraction of sp³-hybridized carbons (Fsp3) is 0.750. The molecule has 0 aromatic carbocycles. The zero-order valence-corrected chi connectivity index (χ0v) is 11.8. The van der Waals surface area contributed by atoms with Gasteiger partial charge in [0.15, 0.2) is 5.13 Å². The van der Waals surface area contributed by atoms with Crippen molar-refractivity contribution in [2.24, 2.45) is 0 Å². The van der Waals surface area contributed by atoms with Crippen LogP contribution in [0.5, 0.6) is 0 Å². The number of hydrogen-bond acceptors (Lipinski definition) is 5. The molecule has 1 aliphatic heterocycles. The Balaban J connectivity index is 1.69. The lowest BCUT2D eigenvalue weighted by atomic mass is 10.3. The highest BCUT2D eigenvalue weighted by atomic mass is 32.1. The van der Waals surface area contributed by atoms with E-state index in [9.17, 15) is 0 Å². The fourth-order valence-corrected chi connectivity index (χ4v) is 2.78. The molecule has 1 N–H and O–H groups in total. The van der Waals surface area contributed by atoms with E-state index >= 15 is 0 Å². The smallest absolute Gasteiger partial charge is 0.183 e. The summed E-state index contributed by atoms with van der Waals surface area (Å²) in [5.74, 6) is 0. The van der Waals surface area contributed by atoms with Gasteiger partial charge < -0.3 is 10.2 Å². The third kappa shape index (κ3) is 3.66. The molecule has 0 aliphatic carbocycles. The van der Waals surface area contributed by atoms with Crippen molar-refractivity contribution in [3.05, 3.63) is 10.6 Å². The van der Waals surface area contributed by atoms with Gasteiger partial charge in [0.25, 0.3) is 0 Å². The maximum Gasteiger partial charge on any atom is 0.183 e. The molecule has 1 aromatic heterocycles. The topological polar surface area (TPSA) is 31.4 Å². The minimum Gasteiger partial charge on any atom is -0.360 e. The Morgan fingerprint density at radius 3 is 2.53 bits per heavy atom. The summed E-state index contributed by atoms with van der Waals surface area (Å²) in [7, 11) is 2.19. The van der Waals surface area contributed by atoms with E-state index in [0.29, 0.717) is 0 Å². The summed E-state index contributed by atoms with van der Waals surface area (Å²) in [5.41, 5.74) is 1.15. The molecule has 0 unspecified atom stereocenters. The number of aromatic nitrogens is 1. The van der Waals surface area contributed by atoms with Crippen molar-refractivity contribution in [1.29, 1.82) is 0 Å². The van der Waals surface area contributed by atoms with Crippen LogP contribution in [-0.4, -0.2) is 61.1 Å². The molecule has 17 heavy (non-hydrogen) atoms. The number of anilines is 1. The molecule has 0 atom stereocenters. The third-order valence-corrected chi connectivity index (χ3v) is 4.36. The molecule has 5 heteroatoms. The van der Waals surface area contributed by atoms with Crippen LogP contribution in [-0.2, 0) is 0 Å². The molecular formula is C12H22N4S. The summed E-state index contributed by atoms with van der Waals surface area (Å²) < 4.78 is 0. The molecule has 4 nitrogen and oxygen atoms in total. The second kappa shape index (κ2) is 5.80. The zero-order chi connectivity index (χ0) is 12.3. The van der Waals surface area contributed by atoms with Crippen LogP contribution in [0.3, 0.4) is 0 Å². The first kappa shape index (κ1) is 12.8. The predicted octanol–water partition coefficient (Wildman–Crippen LogP) is 1.42. The molecule has 96 valence electrons. The lowest BCUT2D eigenvalue weighted by molar-refractivity contribution is 0.158. The predicted molar refractivity (Wildman–Crippen MR) is 74.0 cm³/mol. The summed E-state index contributed by atoms with van der Waals surface area (Å²) in [5, 5.41) is 4.48. The van der Waals surface area contributed by atoms with Gasteiger partial charge in [0.1, 0.15) is 0 Å². The van der Waals surface area contributed by atoms with Crippen molar-refractivity contribution in [2.45, 2.75) is 13.8 Å². The molecule has 2 heterocycles. The maximum absolute atomic E-state index is 4.49. The lowest BCUT2D eigenvalue weighted by Gasteiger charge is -2.32. The Kier molecular flexibility index (Phi) is 4.36. The summed E-state index contributed by atoms with van der Waals surface area (Å²) in [6.45, 7) is 11.1. The van der Waals surface area contributed by atoms with Crippen molar-refractivity contribution in [2.75, 3.05) is 51.6 Å². The zero-order valence-electron chi connectivity index (χ0n) is 11.0. The van der Waals surface area contributed by atoms with Crippen LogP contribution in [0.4, 0.5) is 5.13 Å². The third-order valence-electron chi connectivity index (χ3n) is 3.33. The second-order valence-electron chi connectivity index (χ2n) is 4.73. The van der Waals surface area contributed by atoms with E-state index in [1.807, 2.05) is 0 Å². The Morgan fingerprint density at radius 2 is 1.94 bits per heavy atom. The van der Waals surface area contributed by atoms with E-state index in [2.05, 4.69) is 41.0 Å². The van der Waals surface area contributed by atoms with Gasteiger partial charge in [-0.25, -0.2) is 4.98 Å². The highest BCUT2D eigenvalue weighted by Crippen LogP contribution is 2.20. The van der Waals surface area contributed by atoms with Gasteiger partial charge >= 0.3 is 0 Å². The first-order valence-electron chi connectivity index (χ1n) is 6.24. The molecule has 0 spiro atoms. The molecule has 1 fully saturated rings. The highest BCUT2D eigenvalue weighted by molar-refractivity contribution is 7.15. The number of nitrogens with one attached hydrogen (secondary N) is 1. The van der Waals surface area contributed by atoms with Crippen LogP contribution in [0.25, 0.3) is 0 Å². The first-order valence-corrected chi connectivity index (χ1v) is 7.05. The van der Waals surface area contributed by atoms with Crippen LogP contribution in [0.2, 0.25) is 0 Å². The molecule has 1 saturated heterocycles. The summed E-state index contributed by atoms with van der Waals surface area (Å²) in [4.78, 5) is 10.7. The van der Waals surface area contributed by atoms with Gasteiger partial charge in [-0.2, -0.15) is 0 Å². The van der Waals surface area contributed by atoms with E-state index in [4.69, 9.17) is 0 Å². The Bertz CT molecular complexity index is 336. The van der Waals surface area contributed by atoms with Crippen LogP contribution >= 0.6 is 11.3 Å². The van der Waals surface area contributed by atoms with Crippen LogP contribution in [0.1, 0.15) is 10.6 Å². The van der Waals surface area contributed by atoms with Crippen molar-refractivity contribution < 1.29 is 0 Å². The average molecular weight is 254 g/mol. The van der Waals surface area contributed by atoms with Crippen molar-refractivity contribution in [3.8, 4) is 0 Å². The summed E-state index contributed by atoms with van der Waals surface area (Å²) in [6.07, 6.45) is 0. The van der Waals surface area contributed by atoms with Crippen LogP contribution < -0.4 is 5.32 Å². The minimum absolute atomic E-state index is 0.996. The van der Waals surface area contributed by atoms with Gasteiger partial charge in [0.2, 0.25) is 0 Å². The Morgan fingerprint density at radius 1 is 1.24 bits per heavy atom. The first-order chi connectivity index (χ1) is 8.15. The second-order valence-corrected chi connectivity index (χ2v) is 5.94. The number of thiazole rings is 1. The molecule has 1 aliphatic rings. The van der Waals surface area contributed by atoms with Gasteiger partial charge in [0.05, 0.1) is 5.69 Å². The summed E-state index contributed by atoms with van der Waals surface area (Å²) in [6, 6.07) is 0. The van der Waals surface area contributed by atoms with E-state index in [0.717, 1.165) is 23.9 Å². The van der Waals surface area contributed by atoms with Crippen molar-refractivity contribution >= 4 is 16.5 Å². The molecule has 1 aromatic rings. The normalized spacial score (nSPS) is 18.5. The quantitative estimate of drug-likeness (QED) is 0.880. The highest BCUT2D eigenvalue weighted by Gasteiger charge is 2.13. The fourth-order valence-electron chi connectivity index (χ4n) is 1.94. The Labute approximate surface area is 108 Å². The largest absolute Gasteiger partial charge is 0.360 e. The van der Waals surface area contributed by atoms with Gasteiger partial charge in [-0.15, -0.1) is 11.3 Å².